The van der Waals surface area contributed by atoms with E-state index in [0.29, 0.717) is 18.4 Å². The number of carboxylic acids is 1. The van der Waals surface area contributed by atoms with Crippen LogP contribution in [0.5, 0.6) is 0 Å². The number of rotatable bonds is 5. The predicted molar refractivity (Wildman–Crippen MR) is 94.7 cm³/mol. The standard InChI is InChI=1S/C21H16FNO3/c22-19-9-14(21(25)26)3-4-16(19)17-10-18(17)20(24)8-12-1-2-15-11-23-6-5-13(15)7-12/h1-7,9,11,17-18H,8,10H2,(H,25,26)/t17-,18+/m0/s1. The zero-order valence-electron chi connectivity index (χ0n) is 13.9. The molecule has 0 radical (unpaired) electrons. The molecule has 5 heteroatoms. The Morgan fingerprint density at radius 2 is 1.96 bits per heavy atom. The maximum atomic E-state index is 14.2. The van der Waals surface area contributed by atoms with Crippen LogP contribution in [0.25, 0.3) is 10.8 Å². The number of aromatic carboxylic acids is 1. The predicted octanol–water partition coefficient (Wildman–Crippen LogP) is 3.99. The zero-order valence-corrected chi connectivity index (χ0v) is 13.9. The van der Waals surface area contributed by atoms with Crippen molar-refractivity contribution in [2.45, 2.75) is 18.8 Å². The van der Waals surface area contributed by atoms with Gasteiger partial charge in [-0.1, -0.05) is 24.3 Å². The number of carbonyl (C=O) groups is 2. The molecule has 4 nitrogen and oxygen atoms in total. The van der Waals surface area contributed by atoms with E-state index in [0.717, 1.165) is 22.4 Å². The van der Waals surface area contributed by atoms with Gasteiger partial charge in [0.15, 0.2) is 0 Å². The SMILES string of the molecule is O=C(O)c1ccc([C@@H]2C[C@H]2C(=O)Cc2ccc3cnccc3c2)c(F)c1. The number of carbonyl (C=O) groups excluding carboxylic acids is 1. The number of hydrogen-bond acceptors (Lipinski definition) is 3. The zero-order chi connectivity index (χ0) is 18.3. The second-order valence-corrected chi connectivity index (χ2v) is 6.69. The van der Waals surface area contributed by atoms with E-state index in [9.17, 15) is 14.0 Å². The van der Waals surface area contributed by atoms with Gasteiger partial charge in [-0.25, -0.2) is 9.18 Å². The number of pyridine rings is 1. The first-order chi connectivity index (χ1) is 12.5. The minimum atomic E-state index is -1.16. The number of fused-ring (bicyclic) bond motifs is 1. The van der Waals surface area contributed by atoms with Gasteiger partial charge in [-0.05, 0) is 47.1 Å². The van der Waals surface area contributed by atoms with E-state index in [1.54, 1.807) is 12.4 Å². The maximum absolute atomic E-state index is 14.2. The van der Waals surface area contributed by atoms with Gasteiger partial charge in [0.05, 0.1) is 5.56 Å². The van der Waals surface area contributed by atoms with Gasteiger partial charge in [-0.2, -0.15) is 0 Å². The number of ketones is 1. The van der Waals surface area contributed by atoms with Crippen LogP contribution in [0, 0.1) is 11.7 Å². The fraction of sp³-hybridized carbons (Fsp3) is 0.190. The molecular formula is C21H16FNO3. The molecule has 130 valence electrons. The Kier molecular flexibility index (Phi) is 3.99. The number of carboxylic acid groups (broad SMARTS) is 1. The molecule has 26 heavy (non-hydrogen) atoms. The van der Waals surface area contributed by atoms with Crippen molar-refractivity contribution >= 4 is 22.5 Å². The molecule has 1 aliphatic carbocycles. The molecule has 1 heterocycles. The largest absolute Gasteiger partial charge is 0.478 e. The molecule has 0 spiro atoms. The number of aromatic nitrogens is 1. The molecule has 1 saturated carbocycles. The Morgan fingerprint density at radius 3 is 2.73 bits per heavy atom. The highest BCUT2D eigenvalue weighted by Gasteiger charge is 2.44. The summed E-state index contributed by atoms with van der Waals surface area (Å²) in [7, 11) is 0. The summed E-state index contributed by atoms with van der Waals surface area (Å²) >= 11 is 0. The highest BCUT2D eigenvalue weighted by molar-refractivity contribution is 5.89. The monoisotopic (exact) mass is 349 g/mol. The second kappa shape index (κ2) is 6.33. The van der Waals surface area contributed by atoms with E-state index in [4.69, 9.17) is 5.11 Å². The summed E-state index contributed by atoms with van der Waals surface area (Å²) in [4.78, 5) is 27.5. The average molecular weight is 349 g/mol. The summed E-state index contributed by atoms with van der Waals surface area (Å²) in [6.07, 6.45) is 4.42. The van der Waals surface area contributed by atoms with Crippen LogP contribution >= 0.6 is 0 Å². The first-order valence-electron chi connectivity index (χ1n) is 8.41. The molecule has 0 bridgehead atoms. The molecule has 3 aromatic rings. The van der Waals surface area contributed by atoms with Crippen LogP contribution in [0.3, 0.4) is 0 Å². The third kappa shape index (κ3) is 3.08. The van der Waals surface area contributed by atoms with E-state index in [1.807, 2.05) is 24.3 Å². The van der Waals surface area contributed by atoms with Crippen molar-refractivity contribution in [3.63, 3.8) is 0 Å². The van der Waals surface area contributed by atoms with Crippen LogP contribution in [0.15, 0.2) is 54.9 Å². The van der Waals surface area contributed by atoms with Crippen molar-refractivity contribution in [2.24, 2.45) is 5.92 Å². The van der Waals surface area contributed by atoms with Crippen molar-refractivity contribution in [2.75, 3.05) is 0 Å². The molecule has 1 fully saturated rings. The van der Waals surface area contributed by atoms with Crippen LogP contribution in [0.1, 0.15) is 33.8 Å². The van der Waals surface area contributed by atoms with E-state index < -0.39 is 11.8 Å². The highest BCUT2D eigenvalue weighted by atomic mass is 19.1. The fourth-order valence-electron chi connectivity index (χ4n) is 3.43. The van der Waals surface area contributed by atoms with Gasteiger partial charge in [0.25, 0.3) is 0 Å². The molecule has 0 aliphatic heterocycles. The van der Waals surface area contributed by atoms with Crippen LogP contribution in [-0.4, -0.2) is 21.8 Å². The minimum absolute atomic E-state index is 0.0829. The van der Waals surface area contributed by atoms with E-state index in [1.165, 1.54) is 12.1 Å². The maximum Gasteiger partial charge on any atom is 0.335 e. The number of benzene rings is 2. The second-order valence-electron chi connectivity index (χ2n) is 6.69. The average Bonchev–Trinajstić information content (AvgIpc) is 3.42. The van der Waals surface area contributed by atoms with E-state index >= 15 is 0 Å². The van der Waals surface area contributed by atoms with Gasteiger partial charge >= 0.3 is 5.97 Å². The lowest BCUT2D eigenvalue weighted by Crippen LogP contribution is -2.07. The summed E-state index contributed by atoms with van der Waals surface area (Å²) in [5.74, 6) is -1.98. The lowest BCUT2D eigenvalue weighted by Gasteiger charge is -2.05. The Labute approximate surface area is 149 Å². The molecule has 2 aromatic carbocycles. The first kappa shape index (κ1) is 16.4. The smallest absolute Gasteiger partial charge is 0.335 e. The topological polar surface area (TPSA) is 67.3 Å². The molecule has 0 amide bonds. The van der Waals surface area contributed by atoms with Crippen LogP contribution < -0.4 is 0 Å². The Hall–Kier alpha value is -3.08. The lowest BCUT2D eigenvalue weighted by atomic mass is 10.00. The first-order valence-corrected chi connectivity index (χ1v) is 8.41. The molecule has 0 saturated heterocycles. The van der Waals surface area contributed by atoms with Crippen molar-refractivity contribution in [1.82, 2.24) is 4.98 Å². The molecular weight excluding hydrogens is 333 g/mol. The highest BCUT2D eigenvalue weighted by Crippen LogP contribution is 2.49. The van der Waals surface area contributed by atoms with Crippen LogP contribution in [0.4, 0.5) is 4.39 Å². The van der Waals surface area contributed by atoms with Gasteiger partial charge in [0.1, 0.15) is 11.6 Å². The van der Waals surface area contributed by atoms with Crippen LogP contribution in [0.2, 0.25) is 0 Å². The van der Waals surface area contributed by atoms with Gasteiger partial charge in [-0.15, -0.1) is 0 Å². The summed E-state index contributed by atoms with van der Waals surface area (Å²) in [6.45, 7) is 0. The Balaban J connectivity index is 1.47. The molecule has 4 rings (SSSR count). The van der Waals surface area contributed by atoms with Gasteiger partial charge in [0, 0.05) is 30.1 Å². The van der Waals surface area contributed by atoms with Crippen molar-refractivity contribution < 1.29 is 19.1 Å². The Bertz CT molecular complexity index is 1030. The van der Waals surface area contributed by atoms with Gasteiger partial charge < -0.3 is 5.11 Å². The minimum Gasteiger partial charge on any atom is -0.478 e. The molecule has 1 aromatic heterocycles. The summed E-state index contributed by atoms with van der Waals surface area (Å²) in [6, 6.07) is 11.6. The summed E-state index contributed by atoms with van der Waals surface area (Å²) in [5.41, 5.74) is 1.28. The van der Waals surface area contributed by atoms with Crippen LogP contribution in [-0.2, 0) is 11.2 Å². The molecule has 1 aliphatic rings. The lowest BCUT2D eigenvalue weighted by molar-refractivity contribution is -0.119. The summed E-state index contributed by atoms with van der Waals surface area (Å²) in [5, 5.41) is 11.0. The number of halogens is 1. The van der Waals surface area contributed by atoms with Gasteiger partial charge in [0.2, 0.25) is 0 Å². The molecule has 0 unspecified atom stereocenters. The Morgan fingerprint density at radius 1 is 1.12 bits per heavy atom. The van der Waals surface area contributed by atoms with Crippen molar-refractivity contribution in [3.8, 4) is 0 Å². The number of nitrogens with zero attached hydrogens (tertiary/aromatic N) is 1. The fourth-order valence-corrected chi connectivity index (χ4v) is 3.43. The third-order valence-electron chi connectivity index (χ3n) is 4.93. The summed E-state index contributed by atoms with van der Waals surface area (Å²) < 4.78 is 14.2. The molecule has 2 atom stereocenters. The number of hydrogen-bond donors (Lipinski definition) is 1. The third-order valence-corrected chi connectivity index (χ3v) is 4.93. The van der Waals surface area contributed by atoms with Crippen molar-refractivity contribution in [3.05, 3.63) is 77.4 Å². The normalized spacial score (nSPS) is 18.7. The van der Waals surface area contributed by atoms with Gasteiger partial charge in [-0.3, -0.25) is 9.78 Å². The van der Waals surface area contributed by atoms with E-state index in [2.05, 4.69) is 4.98 Å². The molecule has 1 N–H and O–H groups in total. The van der Waals surface area contributed by atoms with E-state index in [-0.39, 0.29) is 23.2 Å². The van der Waals surface area contributed by atoms with Crippen molar-refractivity contribution in [1.29, 1.82) is 0 Å². The quantitative estimate of drug-likeness (QED) is 0.756. The number of Topliss-reactive ketones (excluding diaryl/α,β-unsaturated/α-hetero) is 1.